The van der Waals surface area contributed by atoms with Crippen molar-refractivity contribution in [3.63, 3.8) is 0 Å². The van der Waals surface area contributed by atoms with Gasteiger partial charge in [0.2, 0.25) is 0 Å². The minimum atomic E-state index is 0.250. The van der Waals surface area contributed by atoms with Gasteiger partial charge >= 0.3 is 0 Å². The van der Waals surface area contributed by atoms with E-state index in [0.29, 0.717) is 0 Å². The molecule has 1 aromatic carbocycles. The van der Waals surface area contributed by atoms with Crippen LogP contribution in [0.5, 0.6) is 5.75 Å². The van der Waals surface area contributed by atoms with Gasteiger partial charge in [0.25, 0.3) is 0 Å². The van der Waals surface area contributed by atoms with Gasteiger partial charge in [-0.25, -0.2) is 4.98 Å². The van der Waals surface area contributed by atoms with Crippen LogP contribution in [0.15, 0.2) is 34.2 Å². The van der Waals surface area contributed by atoms with Crippen molar-refractivity contribution in [1.29, 1.82) is 0 Å². The fraction of sp³-hybridized carbons (Fsp3) is 0.550. The van der Waals surface area contributed by atoms with Crippen LogP contribution in [-0.2, 0) is 0 Å². The highest BCUT2D eigenvalue weighted by atomic mass is 79.9. The third-order valence-electron chi connectivity index (χ3n) is 5.84. The first kappa shape index (κ1) is 19.5. The quantitative estimate of drug-likeness (QED) is 0.560. The number of hydrogen-bond donors (Lipinski definition) is 0. The highest BCUT2D eigenvalue weighted by Gasteiger charge is 2.41. The highest BCUT2D eigenvalue weighted by Crippen LogP contribution is 2.38. The van der Waals surface area contributed by atoms with E-state index in [1.807, 2.05) is 30.5 Å². The number of thiazole rings is 1. The van der Waals surface area contributed by atoms with Gasteiger partial charge in [-0.05, 0) is 79.3 Å². The van der Waals surface area contributed by atoms with Crippen molar-refractivity contribution in [3.8, 4) is 5.75 Å². The molecule has 0 saturated carbocycles. The maximum Gasteiger partial charge on any atom is 0.186 e. The number of piperidine rings is 1. The Balaban J connectivity index is 1.40. The molecule has 1 aromatic heterocycles. The van der Waals surface area contributed by atoms with E-state index in [9.17, 15) is 0 Å². The number of ether oxygens (including phenoxy) is 1. The monoisotopic (exact) mass is 469 g/mol. The molecule has 27 heavy (non-hydrogen) atoms. The van der Waals surface area contributed by atoms with Crippen molar-refractivity contribution in [1.82, 2.24) is 9.88 Å². The third-order valence-corrected chi connectivity index (χ3v) is 7.61. The molecule has 0 N–H and O–H groups in total. The third kappa shape index (κ3) is 4.61. The molecular formula is C20H25BrClN3OS. The maximum absolute atomic E-state index is 6.08. The number of aromatic nitrogens is 1. The SMILES string of the molecule is Clc1cccc(OCCC2(N3CCCC3)CCN(c3ncc(Br)s3)CC2)c1. The number of likely N-dealkylation sites (tertiary alicyclic amines) is 1. The summed E-state index contributed by atoms with van der Waals surface area (Å²) in [6.07, 6.45) is 7.95. The molecule has 0 spiro atoms. The number of benzene rings is 1. The number of anilines is 1. The van der Waals surface area contributed by atoms with Crippen LogP contribution in [0.2, 0.25) is 5.02 Å². The van der Waals surface area contributed by atoms with Crippen molar-refractivity contribution < 1.29 is 4.74 Å². The molecule has 2 aliphatic rings. The van der Waals surface area contributed by atoms with E-state index in [-0.39, 0.29) is 5.54 Å². The lowest BCUT2D eigenvalue weighted by Crippen LogP contribution is -2.55. The number of hydrogen-bond acceptors (Lipinski definition) is 5. The lowest BCUT2D eigenvalue weighted by Gasteiger charge is -2.47. The van der Waals surface area contributed by atoms with Gasteiger partial charge in [-0.2, -0.15) is 0 Å². The molecule has 0 bridgehead atoms. The predicted molar refractivity (Wildman–Crippen MR) is 116 cm³/mol. The van der Waals surface area contributed by atoms with Gasteiger partial charge in [0, 0.05) is 23.7 Å². The van der Waals surface area contributed by atoms with Crippen LogP contribution in [-0.4, -0.2) is 48.2 Å². The largest absolute Gasteiger partial charge is 0.493 e. The predicted octanol–water partition coefficient (Wildman–Crippen LogP) is 5.46. The Labute approximate surface area is 178 Å². The molecule has 2 fully saturated rings. The second-order valence-corrected chi connectivity index (χ2v) is 10.2. The zero-order chi connectivity index (χ0) is 18.7. The van der Waals surface area contributed by atoms with Crippen molar-refractivity contribution in [3.05, 3.63) is 39.3 Å². The Morgan fingerprint density at radius 3 is 2.63 bits per heavy atom. The first-order valence-corrected chi connectivity index (χ1v) is 11.6. The summed E-state index contributed by atoms with van der Waals surface area (Å²) < 4.78 is 7.15. The van der Waals surface area contributed by atoms with E-state index in [0.717, 1.165) is 45.8 Å². The Morgan fingerprint density at radius 1 is 1.19 bits per heavy atom. The molecule has 2 aliphatic heterocycles. The lowest BCUT2D eigenvalue weighted by atomic mass is 9.83. The molecule has 2 saturated heterocycles. The molecule has 146 valence electrons. The Kier molecular flexibility index (Phi) is 6.27. The smallest absolute Gasteiger partial charge is 0.186 e. The molecule has 0 radical (unpaired) electrons. The molecule has 0 atom stereocenters. The standard InChI is InChI=1S/C20H25BrClN3OS/c21-18-15-23-19(27-18)24-11-6-20(7-12-24,25-9-1-2-10-25)8-13-26-17-5-3-4-16(22)14-17/h3-5,14-15H,1-2,6-13H2. The summed E-state index contributed by atoms with van der Waals surface area (Å²) in [6.45, 7) is 5.31. The van der Waals surface area contributed by atoms with Gasteiger partial charge < -0.3 is 9.64 Å². The Hall–Kier alpha value is -0.820. The van der Waals surface area contributed by atoms with Crippen molar-refractivity contribution in [2.45, 2.75) is 37.6 Å². The van der Waals surface area contributed by atoms with E-state index < -0.39 is 0 Å². The minimum Gasteiger partial charge on any atom is -0.493 e. The minimum absolute atomic E-state index is 0.250. The topological polar surface area (TPSA) is 28.6 Å². The average Bonchev–Trinajstić information content (AvgIpc) is 3.35. The molecular weight excluding hydrogens is 446 g/mol. The van der Waals surface area contributed by atoms with Crippen LogP contribution in [0.1, 0.15) is 32.1 Å². The van der Waals surface area contributed by atoms with Crippen LogP contribution in [0.3, 0.4) is 0 Å². The second kappa shape index (κ2) is 8.68. The molecule has 3 heterocycles. The van der Waals surface area contributed by atoms with E-state index in [1.54, 1.807) is 11.3 Å². The summed E-state index contributed by atoms with van der Waals surface area (Å²) in [6, 6.07) is 7.70. The van der Waals surface area contributed by atoms with Crippen LogP contribution in [0, 0.1) is 0 Å². The Morgan fingerprint density at radius 2 is 1.96 bits per heavy atom. The normalized spacial score (nSPS) is 20.1. The zero-order valence-corrected chi connectivity index (χ0v) is 18.5. The first-order chi connectivity index (χ1) is 13.1. The number of nitrogens with zero attached hydrogens (tertiary/aromatic N) is 3. The van der Waals surface area contributed by atoms with Crippen LogP contribution in [0.4, 0.5) is 5.13 Å². The molecule has 4 nitrogen and oxygen atoms in total. The van der Waals surface area contributed by atoms with Gasteiger partial charge in [-0.1, -0.05) is 29.0 Å². The molecule has 0 unspecified atom stereocenters. The molecule has 7 heteroatoms. The first-order valence-electron chi connectivity index (χ1n) is 9.64. The fourth-order valence-corrected chi connectivity index (χ4v) is 5.75. The van der Waals surface area contributed by atoms with Crippen LogP contribution >= 0.6 is 38.9 Å². The van der Waals surface area contributed by atoms with E-state index in [2.05, 4.69) is 30.7 Å². The molecule has 4 rings (SSSR count). The van der Waals surface area contributed by atoms with Crippen molar-refractivity contribution >= 4 is 44.0 Å². The number of rotatable bonds is 6. The summed E-state index contributed by atoms with van der Waals surface area (Å²) in [7, 11) is 0. The summed E-state index contributed by atoms with van der Waals surface area (Å²) in [5.41, 5.74) is 0.250. The summed E-state index contributed by atoms with van der Waals surface area (Å²) in [5.74, 6) is 0.865. The number of halogens is 2. The van der Waals surface area contributed by atoms with Crippen LogP contribution < -0.4 is 9.64 Å². The van der Waals surface area contributed by atoms with Gasteiger partial charge in [-0.15, -0.1) is 0 Å². The van der Waals surface area contributed by atoms with Crippen molar-refractivity contribution in [2.24, 2.45) is 0 Å². The summed E-state index contributed by atoms with van der Waals surface area (Å²) >= 11 is 11.3. The van der Waals surface area contributed by atoms with Crippen LogP contribution in [0.25, 0.3) is 0 Å². The van der Waals surface area contributed by atoms with Gasteiger partial charge in [0.15, 0.2) is 5.13 Å². The Bertz CT molecular complexity index is 757. The summed E-state index contributed by atoms with van der Waals surface area (Å²) in [4.78, 5) is 9.70. The van der Waals surface area contributed by atoms with E-state index in [4.69, 9.17) is 16.3 Å². The average molecular weight is 471 g/mol. The summed E-state index contributed by atoms with van der Waals surface area (Å²) in [5, 5.41) is 1.86. The second-order valence-electron chi connectivity index (χ2n) is 7.41. The lowest BCUT2D eigenvalue weighted by molar-refractivity contribution is 0.0622. The van der Waals surface area contributed by atoms with Gasteiger partial charge in [0.05, 0.1) is 16.6 Å². The van der Waals surface area contributed by atoms with E-state index >= 15 is 0 Å². The maximum atomic E-state index is 6.08. The molecule has 2 aromatic rings. The molecule has 0 amide bonds. The van der Waals surface area contributed by atoms with E-state index in [1.165, 1.54) is 38.8 Å². The van der Waals surface area contributed by atoms with Gasteiger partial charge in [-0.3, -0.25) is 4.90 Å². The van der Waals surface area contributed by atoms with Crippen molar-refractivity contribution in [2.75, 3.05) is 37.7 Å². The zero-order valence-electron chi connectivity index (χ0n) is 15.4. The van der Waals surface area contributed by atoms with Gasteiger partial charge in [0.1, 0.15) is 5.75 Å². The fourth-order valence-electron chi connectivity index (χ4n) is 4.34. The molecule has 0 aliphatic carbocycles. The highest BCUT2D eigenvalue weighted by molar-refractivity contribution is 9.11.